The van der Waals surface area contributed by atoms with Gasteiger partial charge in [-0.05, 0) is 12.0 Å². The second-order valence-corrected chi connectivity index (χ2v) is 3.60. The SMILES string of the molecule is CC[C@@H](C(=O)N(C)C)c1ccccc1. The van der Waals surface area contributed by atoms with E-state index < -0.39 is 0 Å². The monoisotopic (exact) mass is 191 g/mol. The molecule has 0 aliphatic rings. The third-order valence-electron chi connectivity index (χ3n) is 2.35. The Bertz CT molecular complexity index is 292. The molecule has 1 rings (SSSR count). The summed E-state index contributed by atoms with van der Waals surface area (Å²) in [4.78, 5) is 13.5. The summed E-state index contributed by atoms with van der Waals surface area (Å²) in [5.74, 6) is 0.185. The van der Waals surface area contributed by atoms with Crippen molar-refractivity contribution in [3.63, 3.8) is 0 Å². The van der Waals surface area contributed by atoms with Crippen molar-refractivity contribution in [2.24, 2.45) is 0 Å². The summed E-state index contributed by atoms with van der Waals surface area (Å²) in [6.45, 7) is 2.04. The third kappa shape index (κ3) is 2.34. The Labute approximate surface area is 85.5 Å². The van der Waals surface area contributed by atoms with Crippen molar-refractivity contribution in [1.29, 1.82) is 0 Å². The van der Waals surface area contributed by atoms with Crippen LogP contribution in [-0.2, 0) is 4.79 Å². The molecule has 1 amide bonds. The van der Waals surface area contributed by atoms with E-state index in [9.17, 15) is 4.79 Å². The highest BCUT2D eigenvalue weighted by Gasteiger charge is 2.19. The maximum Gasteiger partial charge on any atom is 0.229 e. The molecule has 0 radical (unpaired) electrons. The largest absolute Gasteiger partial charge is 0.348 e. The van der Waals surface area contributed by atoms with Gasteiger partial charge in [0.15, 0.2) is 0 Å². The molecule has 0 saturated carbocycles. The summed E-state index contributed by atoms with van der Waals surface area (Å²) in [5, 5.41) is 0. The zero-order valence-corrected chi connectivity index (χ0v) is 9.03. The second kappa shape index (κ2) is 4.80. The fraction of sp³-hybridized carbons (Fsp3) is 0.417. The lowest BCUT2D eigenvalue weighted by molar-refractivity contribution is -0.130. The summed E-state index contributed by atoms with van der Waals surface area (Å²) >= 11 is 0. The molecule has 76 valence electrons. The Morgan fingerprint density at radius 3 is 2.29 bits per heavy atom. The summed E-state index contributed by atoms with van der Waals surface area (Å²) in [7, 11) is 3.60. The second-order valence-electron chi connectivity index (χ2n) is 3.60. The molecule has 0 aliphatic heterocycles. The highest BCUT2D eigenvalue weighted by Crippen LogP contribution is 2.20. The van der Waals surface area contributed by atoms with E-state index in [2.05, 4.69) is 0 Å². The fourth-order valence-electron chi connectivity index (χ4n) is 1.55. The average molecular weight is 191 g/mol. The van der Waals surface area contributed by atoms with Crippen molar-refractivity contribution in [3.05, 3.63) is 35.9 Å². The van der Waals surface area contributed by atoms with Gasteiger partial charge in [-0.2, -0.15) is 0 Å². The zero-order valence-electron chi connectivity index (χ0n) is 9.03. The predicted octanol–water partition coefficient (Wildman–Crippen LogP) is 2.27. The molecule has 1 atom stereocenters. The van der Waals surface area contributed by atoms with Gasteiger partial charge in [0.2, 0.25) is 5.91 Å². The Hall–Kier alpha value is -1.31. The molecule has 0 N–H and O–H groups in total. The summed E-state index contributed by atoms with van der Waals surface area (Å²) in [5.41, 5.74) is 1.11. The van der Waals surface area contributed by atoms with Crippen molar-refractivity contribution in [2.75, 3.05) is 14.1 Å². The molecule has 0 saturated heterocycles. The summed E-state index contributed by atoms with van der Waals surface area (Å²) in [6, 6.07) is 9.93. The normalized spacial score (nSPS) is 12.2. The molecule has 1 aromatic rings. The van der Waals surface area contributed by atoms with Crippen molar-refractivity contribution >= 4 is 5.91 Å². The number of nitrogens with zero attached hydrogens (tertiary/aromatic N) is 1. The van der Waals surface area contributed by atoms with Gasteiger partial charge in [0, 0.05) is 14.1 Å². The molecule has 0 heterocycles. The molecule has 0 unspecified atom stereocenters. The molecule has 2 nitrogen and oxygen atoms in total. The van der Waals surface area contributed by atoms with Crippen LogP contribution in [-0.4, -0.2) is 24.9 Å². The number of hydrogen-bond acceptors (Lipinski definition) is 1. The summed E-state index contributed by atoms with van der Waals surface area (Å²) < 4.78 is 0. The highest BCUT2D eigenvalue weighted by molar-refractivity contribution is 5.83. The van der Waals surface area contributed by atoms with E-state index in [1.54, 1.807) is 19.0 Å². The van der Waals surface area contributed by atoms with E-state index in [4.69, 9.17) is 0 Å². The van der Waals surface area contributed by atoms with Crippen molar-refractivity contribution in [2.45, 2.75) is 19.3 Å². The van der Waals surface area contributed by atoms with E-state index in [-0.39, 0.29) is 11.8 Å². The molecular formula is C12H17NO. The topological polar surface area (TPSA) is 20.3 Å². The Morgan fingerprint density at radius 2 is 1.86 bits per heavy atom. The first-order valence-electron chi connectivity index (χ1n) is 4.93. The van der Waals surface area contributed by atoms with Gasteiger partial charge in [0.05, 0.1) is 5.92 Å². The van der Waals surface area contributed by atoms with E-state index >= 15 is 0 Å². The van der Waals surface area contributed by atoms with Gasteiger partial charge in [0.1, 0.15) is 0 Å². The Balaban J connectivity index is 2.88. The fourth-order valence-corrected chi connectivity index (χ4v) is 1.55. The van der Waals surface area contributed by atoms with Crippen LogP contribution >= 0.6 is 0 Å². The van der Waals surface area contributed by atoms with Crippen molar-refractivity contribution in [3.8, 4) is 0 Å². The molecule has 0 fully saturated rings. The van der Waals surface area contributed by atoms with Crippen LogP contribution in [0.2, 0.25) is 0 Å². The van der Waals surface area contributed by atoms with Gasteiger partial charge in [-0.15, -0.1) is 0 Å². The van der Waals surface area contributed by atoms with Crippen LogP contribution < -0.4 is 0 Å². The molecule has 0 aliphatic carbocycles. The first kappa shape index (κ1) is 10.8. The van der Waals surface area contributed by atoms with Crippen LogP contribution in [0.15, 0.2) is 30.3 Å². The third-order valence-corrected chi connectivity index (χ3v) is 2.35. The predicted molar refractivity (Wildman–Crippen MR) is 58.2 cm³/mol. The maximum absolute atomic E-state index is 11.8. The molecular weight excluding hydrogens is 174 g/mol. The number of likely N-dealkylation sites (N-methyl/N-ethyl adjacent to an activating group) is 1. The minimum atomic E-state index is 0.00574. The highest BCUT2D eigenvalue weighted by atomic mass is 16.2. The smallest absolute Gasteiger partial charge is 0.229 e. The quantitative estimate of drug-likeness (QED) is 0.717. The van der Waals surface area contributed by atoms with Crippen LogP contribution in [0.3, 0.4) is 0 Å². The standard InChI is InChI=1S/C12H17NO/c1-4-11(12(14)13(2)3)10-8-6-5-7-9-10/h5-9,11H,4H2,1-3H3/t11-/m1/s1. The van der Waals surface area contributed by atoms with Crippen molar-refractivity contribution in [1.82, 2.24) is 4.90 Å². The van der Waals surface area contributed by atoms with Crippen molar-refractivity contribution < 1.29 is 4.79 Å². The van der Waals surface area contributed by atoms with Crippen LogP contribution in [0.1, 0.15) is 24.8 Å². The van der Waals surface area contributed by atoms with E-state index in [1.165, 1.54) is 0 Å². The molecule has 14 heavy (non-hydrogen) atoms. The Kier molecular flexibility index (Phi) is 3.69. The van der Waals surface area contributed by atoms with E-state index in [0.29, 0.717) is 0 Å². The van der Waals surface area contributed by atoms with Gasteiger partial charge < -0.3 is 4.90 Å². The van der Waals surface area contributed by atoms with Crippen LogP contribution in [0.4, 0.5) is 0 Å². The number of carbonyl (C=O) groups excluding carboxylic acids is 1. The lowest BCUT2D eigenvalue weighted by Crippen LogP contribution is -2.27. The molecule has 0 bridgehead atoms. The van der Waals surface area contributed by atoms with Crippen LogP contribution in [0.25, 0.3) is 0 Å². The molecule has 1 aromatic carbocycles. The number of rotatable bonds is 3. The Morgan fingerprint density at radius 1 is 1.29 bits per heavy atom. The number of benzene rings is 1. The number of hydrogen-bond donors (Lipinski definition) is 0. The lowest BCUT2D eigenvalue weighted by atomic mass is 9.95. The van der Waals surface area contributed by atoms with Crippen LogP contribution in [0.5, 0.6) is 0 Å². The minimum Gasteiger partial charge on any atom is -0.348 e. The number of amides is 1. The maximum atomic E-state index is 11.8. The molecule has 0 spiro atoms. The molecule has 2 heteroatoms. The molecule has 0 aromatic heterocycles. The first-order chi connectivity index (χ1) is 6.66. The van der Waals surface area contributed by atoms with Gasteiger partial charge in [0.25, 0.3) is 0 Å². The lowest BCUT2D eigenvalue weighted by Gasteiger charge is -2.19. The van der Waals surface area contributed by atoms with Gasteiger partial charge in [-0.1, -0.05) is 37.3 Å². The van der Waals surface area contributed by atoms with Crippen LogP contribution in [0, 0.1) is 0 Å². The minimum absolute atomic E-state index is 0.00574. The van der Waals surface area contributed by atoms with Gasteiger partial charge in [-0.3, -0.25) is 4.79 Å². The number of carbonyl (C=O) groups is 1. The van der Waals surface area contributed by atoms with E-state index in [1.807, 2.05) is 37.3 Å². The zero-order chi connectivity index (χ0) is 10.6. The first-order valence-corrected chi connectivity index (χ1v) is 4.93. The van der Waals surface area contributed by atoms with Gasteiger partial charge >= 0.3 is 0 Å². The average Bonchev–Trinajstić information content (AvgIpc) is 2.20. The van der Waals surface area contributed by atoms with Gasteiger partial charge in [-0.25, -0.2) is 0 Å². The summed E-state index contributed by atoms with van der Waals surface area (Å²) in [6.07, 6.45) is 0.848. The van der Waals surface area contributed by atoms with E-state index in [0.717, 1.165) is 12.0 Å².